The topological polar surface area (TPSA) is 162 Å². The number of hydrogen-bond donors (Lipinski definition) is 4. The number of carbonyl (C=O) groups is 3. The van der Waals surface area contributed by atoms with Gasteiger partial charge in [0.1, 0.15) is 5.75 Å². The van der Waals surface area contributed by atoms with Crippen LogP contribution in [0.25, 0.3) is 11.1 Å². The van der Waals surface area contributed by atoms with Crippen molar-refractivity contribution in [2.24, 2.45) is 5.92 Å². The van der Waals surface area contributed by atoms with Crippen molar-refractivity contribution in [3.05, 3.63) is 48.0 Å². The maximum absolute atomic E-state index is 12.9. The van der Waals surface area contributed by atoms with Crippen molar-refractivity contribution in [2.45, 2.75) is 63.8 Å². The van der Waals surface area contributed by atoms with Crippen molar-refractivity contribution in [3.8, 4) is 16.9 Å². The smallest absolute Gasteiger partial charge is 0.294 e. The van der Waals surface area contributed by atoms with Crippen molar-refractivity contribution in [3.63, 3.8) is 0 Å². The van der Waals surface area contributed by atoms with E-state index in [-0.39, 0.29) is 35.9 Å². The summed E-state index contributed by atoms with van der Waals surface area (Å²) in [6.45, 7) is 5.65. The molecule has 2 atom stereocenters. The fourth-order valence-electron chi connectivity index (χ4n) is 4.27. The largest absolute Gasteiger partial charge is 0.494 e. The van der Waals surface area contributed by atoms with Gasteiger partial charge < -0.3 is 15.4 Å². The van der Waals surface area contributed by atoms with E-state index in [4.69, 9.17) is 4.74 Å². The Morgan fingerprint density at radius 1 is 1.05 bits per heavy atom. The number of nitrogens with zero attached hydrogens (tertiary/aromatic N) is 1. The maximum Gasteiger partial charge on any atom is 0.294 e. The van der Waals surface area contributed by atoms with Crippen molar-refractivity contribution >= 4 is 28.3 Å². The minimum Gasteiger partial charge on any atom is -0.494 e. The van der Waals surface area contributed by atoms with Gasteiger partial charge in [0.05, 0.1) is 30.1 Å². The van der Waals surface area contributed by atoms with Gasteiger partial charge in [0, 0.05) is 11.6 Å². The maximum atomic E-state index is 12.9. The molecular formula is C27H37N3O8S. The van der Waals surface area contributed by atoms with Gasteiger partial charge in [0.25, 0.3) is 16.0 Å². The third-order valence-corrected chi connectivity index (χ3v) is 7.08. The molecule has 0 bridgehead atoms. The first kappa shape index (κ1) is 31.7. The summed E-state index contributed by atoms with van der Waals surface area (Å²) < 4.78 is 38.4. The van der Waals surface area contributed by atoms with Crippen molar-refractivity contribution in [1.82, 2.24) is 15.7 Å². The molecule has 0 spiro atoms. The van der Waals surface area contributed by atoms with E-state index < -0.39 is 33.9 Å². The van der Waals surface area contributed by atoms with E-state index in [2.05, 4.69) is 10.6 Å². The van der Waals surface area contributed by atoms with E-state index in [1.54, 1.807) is 44.2 Å². The monoisotopic (exact) mass is 563 g/mol. The van der Waals surface area contributed by atoms with Crippen LogP contribution in [-0.2, 0) is 19.7 Å². The molecule has 4 N–H and O–H groups in total. The van der Waals surface area contributed by atoms with Crippen LogP contribution >= 0.6 is 0 Å². The summed E-state index contributed by atoms with van der Waals surface area (Å²) in [5.74, 6) is -1.28. The molecule has 2 rings (SSSR count). The van der Waals surface area contributed by atoms with E-state index in [1.165, 1.54) is 12.1 Å². The van der Waals surface area contributed by atoms with E-state index in [9.17, 15) is 32.6 Å². The third kappa shape index (κ3) is 9.34. The lowest BCUT2D eigenvalue weighted by Gasteiger charge is -2.29. The third-order valence-electron chi connectivity index (χ3n) is 6.24. The molecule has 0 fully saturated rings. The predicted molar refractivity (Wildman–Crippen MR) is 145 cm³/mol. The number of amides is 3. The van der Waals surface area contributed by atoms with Crippen LogP contribution < -0.4 is 15.4 Å². The van der Waals surface area contributed by atoms with Crippen LogP contribution in [0.15, 0.2) is 47.4 Å². The highest BCUT2D eigenvalue weighted by atomic mass is 32.2. The highest BCUT2D eigenvalue weighted by Crippen LogP contribution is 2.29. The zero-order chi connectivity index (χ0) is 29.0. The molecule has 0 saturated heterocycles. The molecule has 0 saturated carbocycles. The second-order valence-corrected chi connectivity index (χ2v) is 10.4. The number of unbranched alkanes of at least 4 members (excludes halogenated alkanes) is 2. The highest BCUT2D eigenvalue weighted by molar-refractivity contribution is 7.85. The average Bonchev–Trinajstić information content (AvgIpc) is 2.91. The lowest BCUT2D eigenvalue weighted by molar-refractivity contribution is -0.168. The quantitative estimate of drug-likeness (QED) is 0.0601. The SMILES string of the molecule is CCCCC[C@@H](C(=O)NCNC(=O)c1cccc(-c2cc(OCC)cc(S(=O)(=O)O)c2)c1)[C@@H](CC)N(O)C=O. The fourth-order valence-corrected chi connectivity index (χ4v) is 4.81. The van der Waals surface area contributed by atoms with Crippen LogP contribution in [0.5, 0.6) is 5.75 Å². The van der Waals surface area contributed by atoms with E-state index >= 15 is 0 Å². The van der Waals surface area contributed by atoms with Gasteiger partial charge in [-0.05, 0) is 55.2 Å². The zero-order valence-corrected chi connectivity index (χ0v) is 23.2. The van der Waals surface area contributed by atoms with Gasteiger partial charge in [0.2, 0.25) is 12.3 Å². The van der Waals surface area contributed by atoms with E-state index in [1.807, 2.05) is 6.92 Å². The van der Waals surface area contributed by atoms with Crippen LogP contribution in [-0.4, -0.2) is 60.8 Å². The Morgan fingerprint density at radius 2 is 1.79 bits per heavy atom. The van der Waals surface area contributed by atoms with Crippen molar-refractivity contribution in [1.29, 1.82) is 0 Å². The standard InChI is InChI=1S/C27H37N3O8S/c1-4-7-8-12-24(25(5-2)30(34)18-31)27(33)29-17-28-26(32)20-11-9-10-19(13-20)21-14-22(38-6-3)16-23(15-21)39(35,36)37/h9-11,13-16,18,24-25,34H,4-8,12,17H2,1-3H3,(H,28,32)(H,29,33)(H,35,36,37)/t24-,25-/m1/s1. The zero-order valence-electron chi connectivity index (χ0n) is 22.4. The number of benzene rings is 2. The van der Waals surface area contributed by atoms with Gasteiger partial charge in [-0.2, -0.15) is 8.42 Å². The summed E-state index contributed by atoms with van der Waals surface area (Å²) >= 11 is 0. The van der Waals surface area contributed by atoms with Gasteiger partial charge in [-0.25, -0.2) is 5.06 Å². The molecule has 3 amide bonds. The predicted octanol–water partition coefficient (Wildman–Crippen LogP) is 3.63. The van der Waals surface area contributed by atoms with Crippen molar-refractivity contribution in [2.75, 3.05) is 13.3 Å². The highest BCUT2D eigenvalue weighted by Gasteiger charge is 2.30. The molecular weight excluding hydrogens is 526 g/mol. The molecule has 0 radical (unpaired) electrons. The minimum atomic E-state index is -4.49. The number of hydroxylamine groups is 2. The molecule has 2 aromatic rings. The second kappa shape index (κ2) is 15.2. The second-order valence-electron chi connectivity index (χ2n) is 8.97. The van der Waals surface area contributed by atoms with Crippen LogP contribution in [0.3, 0.4) is 0 Å². The fraction of sp³-hybridized carbons (Fsp3) is 0.444. The molecule has 0 aliphatic carbocycles. The van der Waals surface area contributed by atoms with Gasteiger partial charge in [-0.3, -0.25) is 24.1 Å². The van der Waals surface area contributed by atoms with Crippen LogP contribution in [0.2, 0.25) is 0 Å². The molecule has 39 heavy (non-hydrogen) atoms. The van der Waals surface area contributed by atoms with Gasteiger partial charge >= 0.3 is 0 Å². The first-order chi connectivity index (χ1) is 18.5. The van der Waals surface area contributed by atoms with Crippen molar-refractivity contribution < 1.29 is 37.3 Å². The Balaban J connectivity index is 2.15. The number of ether oxygens (including phenoxy) is 1. The normalized spacial score (nSPS) is 12.7. The molecule has 0 heterocycles. The molecule has 2 aromatic carbocycles. The molecule has 0 aliphatic rings. The molecule has 11 nitrogen and oxygen atoms in total. The first-order valence-corrected chi connectivity index (χ1v) is 14.3. The Hall–Kier alpha value is -3.48. The van der Waals surface area contributed by atoms with Crippen LogP contribution in [0.4, 0.5) is 0 Å². The Bertz CT molecular complexity index is 1240. The first-order valence-electron chi connectivity index (χ1n) is 12.9. The lowest BCUT2D eigenvalue weighted by atomic mass is 9.90. The van der Waals surface area contributed by atoms with Crippen LogP contribution in [0, 0.1) is 5.92 Å². The number of hydrogen-bond acceptors (Lipinski definition) is 7. The number of nitrogens with one attached hydrogen (secondary N) is 2. The summed E-state index contributed by atoms with van der Waals surface area (Å²) in [6.07, 6.45) is 3.74. The molecule has 12 heteroatoms. The summed E-state index contributed by atoms with van der Waals surface area (Å²) in [6, 6.07) is 9.81. The number of carbonyl (C=O) groups excluding carboxylic acids is 3. The summed E-state index contributed by atoms with van der Waals surface area (Å²) in [5, 5.41) is 15.7. The van der Waals surface area contributed by atoms with E-state index in [0.717, 1.165) is 19.3 Å². The summed E-state index contributed by atoms with van der Waals surface area (Å²) in [7, 11) is -4.49. The minimum absolute atomic E-state index is 0.179. The van der Waals surface area contributed by atoms with Gasteiger partial charge in [-0.1, -0.05) is 45.2 Å². The molecule has 0 aliphatic heterocycles. The lowest BCUT2D eigenvalue weighted by Crippen LogP contribution is -2.47. The Morgan fingerprint density at radius 3 is 2.41 bits per heavy atom. The number of rotatable bonds is 16. The van der Waals surface area contributed by atoms with Crippen LogP contribution in [0.1, 0.15) is 63.2 Å². The molecule has 214 valence electrons. The Labute approximate surface area is 229 Å². The van der Waals surface area contributed by atoms with E-state index in [0.29, 0.717) is 29.0 Å². The summed E-state index contributed by atoms with van der Waals surface area (Å²) in [5.41, 5.74) is 1.18. The molecule has 0 unspecified atom stereocenters. The van der Waals surface area contributed by atoms with Gasteiger partial charge in [-0.15, -0.1) is 0 Å². The Kier molecular flexibility index (Phi) is 12.4. The summed E-state index contributed by atoms with van der Waals surface area (Å²) in [4.78, 5) is 36.5. The van der Waals surface area contributed by atoms with Gasteiger partial charge in [0.15, 0.2) is 0 Å². The average molecular weight is 564 g/mol. The molecule has 0 aromatic heterocycles.